The summed E-state index contributed by atoms with van der Waals surface area (Å²) >= 11 is 0. The van der Waals surface area contributed by atoms with Crippen molar-refractivity contribution in [1.82, 2.24) is 5.32 Å². The summed E-state index contributed by atoms with van der Waals surface area (Å²) in [4.78, 5) is 0. The Balaban J connectivity index is 2.02. The predicted octanol–water partition coefficient (Wildman–Crippen LogP) is 2.26. The van der Waals surface area contributed by atoms with Gasteiger partial charge in [0.05, 0.1) is 6.61 Å². The minimum Gasteiger partial charge on any atom is -0.492 e. The van der Waals surface area contributed by atoms with Crippen molar-refractivity contribution >= 4 is 0 Å². The summed E-state index contributed by atoms with van der Waals surface area (Å²) in [6.07, 6.45) is 3.54. The van der Waals surface area contributed by atoms with E-state index >= 15 is 0 Å². The van der Waals surface area contributed by atoms with Crippen LogP contribution in [-0.4, -0.2) is 19.7 Å². The largest absolute Gasteiger partial charge is 0.492 e. The number of fused-ring (bicyclic) bond motifs is 2. The van der Waals surface area contributed by atoms with Gasteiger partial charge in [-0.05, 0) is 44.0 Å². The van der Waals surface area contributed by atoms with Crippen LogP contribution in [0.4, 0.5) is 0 Å². The van der Waals surface area contributed by atoms with E-state index in [0.29, 0.717) is 5.41 Å². The van der Waals surface area contributed by atoms with Crippen molar-refractivity contribution < 1.29 is 4.74 Å². The Hall–Kier alpha value is -1.02. The lowest BCUT2D eigenvalue weighted by Crippen LogP contribution is -2.41. The first-order valence-corrected chi connectivity index (χ1v) is 6.31. The molecule has 2 heterocycles. The molecule has 2 aliphatic heterocycles. The lowest BCUT2D eigenvalue weighted by molar-refractivity contribution is 0.220. The Morgan fingerprint density at radius 2 is 2.12 bits per heavy atom. The Labute approximate surface area is 97.0 Å². The molecule has 2 heteroatoms. The normalized spacial score (nSPS) is 21.8. The molecule has 1 N–H and O–H groups in total. The number of hydrogen-bond acceptors (Lipinski definition) is 2. The smallest absolute Gasteiger partial charge is 0.123 e. The molecule has 0 aromatic heterocycles. The number of hydrogen-bond donors (Lipinski definition) is 1. The second-order valence-corrected chi connectivity index (χ2v) is 5.00. The van der Waals surface area contributed by atoms with E-state index in [9.17, 15) is 0 Å². The van der Waals surface area contributed by atoms with Gasteiger partial charge >= 0.3 is 0 Å². The van der Waals surface area contributed by atoms with Crippen molar-refractivity contribution in [1.29, 1.82) is 0 Å². The van der Waals surface area contributed by atoms with Gasteiger partial charge in [-0.15, -0.1) is 0 Å². The van der Waals surface area contributed by atoms with Gasteiger partial charge in [-0.1, -0.05) is 19.1 Å². The van der Waals surface area contributed by atoms with E-state index in [1.165, 1.54) is 24.0 Å². The van der Waals surface area contributed by atoms with Crippen LogP contribution in [-0.2, 0) is 11.8 Å². The molecule has 0 atom stereocenters. The first-order valence-electron chi connectivity index (χ1n) is 6.31. The molecule has 86 valence electrons. The summed E-state index contributed by atoms with van der Waals surface area (Å²) < 4.78 is 5.86. The molecule has 1 fully saturated rings. The molecule has 0 unspecified atom stereocenters. The van der Waals surface area contributed by atoms with E-state index in [0.717, 1.165) is 31.9 Å². The number of benzene rings is 1. The zero-order valence-electron chi connectivity index (χ0n) is 9.88. The monoisotopic (exact) mass is 217 g/mol. The molecule has 3 rings (SSSR count). The molecule has 16 heavy (non-hydrogen) atoms. The summed E-state index contributed by atoms with van der Waals surface area (Å²) in [5, 5.41) is 3.44. The van der Waals surface area contributed by atoms with Gasteiger partial charge in [0.2, 0.25) is 0 Å². The maximum absolute atomic E-state index is 5.86. The van der Waals surface area contributed by atoms with Crippen molar-refractivity contribution in [3.63, 3.8) is 0 Å². The SMILES string of the molecule is CCc1ccc2c(c1)C1(CCNCC1)CO2. The summed E-state index contributed by atoms with van der Waals surface area (Å²) in [5.74, 6) is 1.12. The number of piperidine rings is 1. The fourth-order valence-electron chi connectivity index (χ4n) is 2.95. The van der Waals surface area contributed by atoms with Gasteiger partial charge in [-0.3, -0.25) is 0 Å². The summed E-state index contributed by atoms with van der Waals surface area (Å²) in [6, 6.07) is 6.72. The average Bonchev–Trinajstić information content (AvgIpc) is 2.69. The minimum atomic E-state index is 0.311. The third kappa shape index (κ3) is 1.44. The first kappa shape index (κ1) is 10.2. The molecule has 0 aliphatic carbocycles. The lowest BCUT2D eigenvalue weighted by atomic mass is 9.74. The van der Waals surface area contributed by atoms with Crippen LogP contribution >= 0.6 is 0 Å². The Bertz CT molecular complexity index is 388. The molecule has 0 bridgehead atoms. The van der Waals surface area contributed by atoms with Crippen LogP contribution in [0.15, 0.2) is 18.2 Å². The van der Waals surface area contributed by atoms with Crippen molar-refractivity contribution in [3.8, 4) is 5.75 Å². The summed E-state index contributed by atoms with van der Waals surface area (Å²) in [6.45, 7) is 5.35. The zero-order chi connectivity index (χ0) is 11.0. The van der Waals surface area contributed by atoms with E-state index in [1.807, 2.05) is 0 Å². The van der Waals surface area contributed by atoms with Crippen LogP contribution < -0.4 is 10.1 Å². The van der Waals surface area contributed by atoms with E-state index in [4.69, 9.17) is 4.74 Å². The van der Waals surface area contributed by atoms with Crippen molar-refractivity contribution in [2.24, 2.45) is 0 Å². The molecule has 2 aliphatic rings. The molecule has 0 radical (unpaired) electrons. The highest BCUT2D eigenvalue weighted by Gasteiger charge is 2.41. The highest BCUT2D eigenvalue weighted by molar-refractivity contribution is 5.46. The Morgan fingerprint density at radius 1 is 1.31 bits per heavy atom. The maximum Gasteiger partial charge on any atom is 0.123 e. The Morgan fingerprint density at radius 3 is 2.88 bits per heavy atom. The second-order valence-electron chi connectivity index (χ2n) is 5.00. The van der Waals surface area contributed by atoms with Crippen LogP contribution in [0.2, 0.25) is 0 Å². The standard InChI is InChI=1S/C14H19NO/c1-2-11-3-4-13-12(9-11)14(10-16-13)5-7-15-8-6-14/h3-4,9,15H,2,5-8,10H2,1H3. The maximum atomic E-state index is 5.86. The minimum absolute atomic E-state index is 0.311. The fraction of sp³-hybridized carbons (Fsp3) is 0.571. The van der Waals surface area contributed by atoms with Crippen LogP contribution in [0, 0.1) is 0 Å². The van der Waals surface area contributed by atoms with E-state index in [-0.39, 0.29) is 0 Å². The topological polar surface area (TPSA) is 21.3 Å². The number of aryl methyl sites for hydroxylation is 1. The molecule has 2 nitrogen and oxygen atoms in total. The van der Waals surface area contributed by atoms with Gasteiger partial charge in [0, 0.05) is 11.0 Å². The van der Waals surface area contributed by atoms with E-state index in [2.05, 4.69) is 30.4 Å². The van der Waals surface area contributed by atoms with Crippen molar-refractivity contribution in [2.45, 2.75) is 31.6 Å². The van der Waals surface area contributed by atoms with Gasteiger partial charge in [0.1, 0.15) is 5.75 Å². The molecule has 1 aromatic rings. The van der Waals surface area contributed by atoms with Crippen molar-refractivity contribution in [2.75, 3.05) is 19.7 Å². The third-order valence-corrected chi connectivity index (χ3v) is 4.09. The highest BCUT2D eigenvalue weighted by atomic mass is 16.5. The fourth-order valence-corrected chi connectivity index (χ4v) is 2.95. The first-order chi connectivity index (χ1) is 7.84. The predicted molar refractivity (Wildman–Crippen MR) is 65.1 cm³/mol. The number of ether oxygens (including phenoxy) is 1. The van der Waals surface area contributed by atoms with Gasteiger partial charge in [0.15, 0.2) is 0 Å². The van der Waals surface area contributed by atoms with Crippen molar-refractivity contribution in [3.05, 3.63) is 29.3 Å². The summed E-state index contributed by atoms with van der Waals surface area (Å²) in [5.41, 5.74) is 3.21. The highest BCUT2D eigenvalue weighted by Crippen LogP contribution is 2.44. The van der Waals surface area contributed by atoms with Crippen LogP contribution in [0.5, 0.6) is 5.75 Å². The van der Waals surface area contributed by atoms with Crippen LogP contribution in [0.3, 0.4) is 0 Å². The second kappa shape index (κ2) is 3.77. The van der Waals surface area contributed by atoms with Crippen LogP contribution in [0.25, 0.3) is 0 Å². The molecule has 1 saturated heterocycles. The molecule has 0 amide bonds. The van der Waals surface area contributed by atoms with Gasteiger partial charge in [-0.25, -0.2) is 0 Å². The van der Waals surface area contributed by atoms with Gasteiger partial charge < -0.3 is 10.1 Å². The number of rotatable bonds is 1. The lowest BCUT2D eigenvalue weighted by Gasteiger charge is -2.32. The molecular formula is C14H19NO. The zero-order valence-corrected chi connectivity index (χ0v) is 9.88. The van der Waals surface area contributed by atoms with Crippen LogP contribution in [0.1, 0.15) is 30.9 Å². The van der Waals surface area contributed by atoms with E-state index < -0.39 is 0 Å². The average molecular weight is 217 g/mol. The third-order valence-electron chi connectivity index (χ3n) is 4.09. The quantitative estimate of drug-likeness (QED) is 0.779. The Kier molecular flexibility index (Phi) is 2.40. The number of nitrogens with one attached hydrogen (secondary N) is 1. The molecule has 0 saturated carbocycles. The molecule has 1 spiro atoms. The van der Waals surface area contributed by atoms with E-state index in [1.54, 1.807) is 0 Å². The summed E-state index contributed by atoms with van der Waals surface area (Å²) in [7, 11) is 0. The molecular weight excluding hydrogens is 198 g/mol. The van der Waals surface area contributed by atoms with Gasteiger partial charge in [-0.2, -0.15) is 0 Å². The van der Waals surface area contributed by atoms with Gasteiger partial charge in [0.25, 0.3) is 0 Å². The molecule has 1 aromatic carbocycles.